The fourth-order valence-corrected chi connectivity index (χ4v) is 5.90. The van der Waals surface area contributed by atoms with Gasteiger partial charge < -0.3 is 9.32 Å². The van der Waals surface area contributed by atoms with Gasteiger partial charge in [-0.05, 0) is 41.9 Å². The molecule has 0 aliphatic carbocycles. The van der Waals surface area contributed by atoms with Crippen molar-refractivity contribution < 1.29 is 12.8 Å². The molecule has 1 aliphatic heterocycles. The van der Waals surface area contributed by atoms with E-state index in [9.17, 15) is 13.2 Å². The van der Waals surface area contributed by atoms with Crippen LogP contribution in [-0.2, 0) is 17.1 Å². The third-order valence-electron chi connectivity index (χ3n) is 5.30. The van der Waals surface area contributed by atoms with Crippen LogP contribution in [0.15, 0.2) is 56.6 Å². The van der Waals surface area contributed by atoms with E-state index in [2.05, 4.69) is 9.27 Å². The fraction of sp³-hybridized carbons (Fsp3) is 0.263. The molecule has 2 aromatic carbocycles. The van der Waals surface area contributed by atoms with Crippen LogP contribution in [0, 0.1) is 0 Å². The van der Waals surface area contributed by atoms with Gasteiger partial charge in [-0.2, -0.15) is 8.68 Å². The predicted molar refractivity (Wildman–Crippen MR) is 112 cm³/mol. The van der Waals surface area contributed by atoms with E-state index in [-0.39, 0.29) is 4.90 Å². The molecule has 8 nitrogen and oxygen atoms in total. The standard InChI is InChI=1S/C19H18N4O4S2/c1-21-15-12-13(6-7-16(15)27-19(21)24)29(25,26)23-10-8-22(9-11-23)18-14-4-2-3-5-17(14)28-20-18/h2-7,12H,8-11H2,1H3. The van der Waals surface area contributed by atoms with E-state index in [0.717, 1.165) is 15.9 Å². The van der Waals surface area contributed by atoms with E-state index >= 15 is 0 Å². The molecule has 150 valence electrons. The average Bonchev–Trinajstić information content (AvgIpc) is 3.29. The first kappa shape index (κ1) is 18.3. The molecule has 0 saturated carbocycles. The number of aromatic nitrogens is 2. The molecule has 0 atom stereocenters. The Balaban J connectivity index is 1.40. The summed E-state index contributed by atoms with van der Waals surface area (Å²) < 4.78 is 39.8. The Kier molecular flexibility index (Phi) is 4.23. The van der Waals surface area contributed by atoms with E-state index in [1.54, 1.807) is 7.05 Å². The monoisotopic (exact) mass is 430 g/mol. The number of hydrogen-bond donors (Lipinski definition) is 0. The maximum Gasteiger partial charge on any atom is 0.419 e. The van der Waals surface area contributed by atoms with Crippen LogP contribution in [0.4, 0.5) is 5.82 Å². The maximum atomic E-state index is 13.1. The molecule has 0 unspecified atom stereocenters. The zero-order valence-corrected chi connectivity index (χ0v) is 17.2. The molecule has 0 N–H and O–H groups in total. The number of oxazole rings is 1. The van der Waals surface area contributed by atoms with Crippen molar-refractivity contribution in [3.63, 3.8) is 0 Å². The molecule has 2 aromatic heterocycles. The van der Waals surface area contributed by atoms with Gasteiger partial charge in [0.2, 0.25) is 10.0 Å². The largest absolute Gasteiger partial charge is 0.419 e. The van der Waals surface area contributed by atoms with Crippen molar-refractivity contribution in [1.29, 1.82) is 0 Å². The Bertz CT molecular complexity index is 1380. The van der Waals surface area contributed by atoms with Gasteiger partial charge in [0.25, 0.3) is 0 Å². The van der Waals surface area contributed by atoms with Gasteiger partial charge in [-0.3, -0.25) is 4.57 Å². The highest BCUT2D eigenvalue weighted by Crippen LogP contribution is 2.30. The molecule has 1 aliphatic rings. The Morgan fingerprint density at radius 2 is 1.83 bits per heavy atom. The number of fused-ring (bicyclic) bond motifs is 2. The number of benzene rings is 2. The minimum Gasteiger partial charge on any atom is -0.408 e. The van der Waals surface area contributed by atoms with Crippen molar-refractivity contribution in [2.24, 2.45) is 7.05 Å². The van der Waals surface area contributed by atoms with Crippen molar-refractivity contribution in [2.75, 3.05) is 31.1 Å². The minimum absolute atomic E-state index is 0.161. The molecule has 1 saturated heterocycles. The number of sulfonamides is 1. The SMILES string of the molecule is Cn1c(=O)oc2ccc(S(=O)(=O)N3CCN(c4nsc5ccccc45)CC3)cc21. The molecule has 0 spiro atoms. The van der Waals surface area contributed by atoms with Gasteiger partial charge in [0.1, 0.15) is 5.82 Å². The van der Waals surface area contributed by atoms with Crippen LogP contribution in [0.25, 0.3) is 21.2 Å². The zero-order chi connectivity index (χ0) is 20.2. The number of anilines is 1. The van der Waals surface area contributed by atoms with E-state index in [1.807, 2.05) is 24.3 Å². The lowest BCUT2D eigenvalue weighted by molar-refractivity contribution is 0.384. The van der Waals surface area contributed by atoms with Crippen LogP contribution in [0.5, 0.6) is 0 Å². The second-order valence-corrected chi connectivity index (χ2v) is 9.69. The van der Waals surface area contributed by atoms with E-state index in [0.29, 0.717) is 37.3 Å². The van der Waals surface area contributed by atoms with E-state index < -0.39 is 15.8 Å². The molecule has 0 bridgehead atoms. The van der Waals surface area contributed by atoms with Crippen molar-refractivity contribution >= 4 is 48.6 Å². The van der Waals surface area contributed by atoms with Crippen molar-refractivity contribution in [2.45, 2.75) is 4.90 Å². The normalized spacial score (nSPS) is 16.1. The number of aryl methyl sites for hydroxylation is 1. The highest BCUT2D eigenvalue weighted by Gasteiger charge is 2.30. The molecular weight excluding hydrogens is 412 g/mol. The Morgan fingerprint density at radius 3 is 2.62 bits per heavy atom. The third-order valence-corrected chi connectivity index (χ3v) is 8.01. The summed E-state index contributed by atoms with van der Waals surface area (Å²) in [5.74, 6) is 0.399. The molecule has 0 amide bonds. The number of hydrogen-bond acceptors (Lipinski definition) is 7. The summed E-state index contributed by atoms with van der Waals surface area (Å²) in [5.41, 5.74) is 0.834. The summed E-state index contributed by atoms with van der Waals surface area (Å²) in [7, 11) is -2.11. The summed E-state index contributed by atoms with van der Waals surface area (Å²) in [6, 6.07) is 12.6. The van der Waals surface area contributed by atoms with Gasteiger partial charge in [-0.25, -0.2) is 13.2 Å². The minimum atomic E-state index is -3.66. The topological polar surface area (TPSA) is 88.6 Å². The summed E-state index contributed by atoms with van der Waals surface area (Å²) in [4.78, 5) is 14.0. The number of piperazine rings is 1. The molecule has 1 fully saturated rings. The van der Waals surface area contributed by atoms with Crippen LogP contribution in [0.1, 0.15) is 0 Å². The predicted octanol–water partition coefficient (Wildman–Crippen LogP) is 2.25. The van der Waals surface area contributed by atoms with Crippen molar-refractivity contribution in [3.8, 4) is 0 Å². The van der Waals surface area contributed by atoms with E-state index in [1.165, 1.54) is 38.6 Å². The average molecular weight is 431 g/mol. The number of rotatable bonds is 3. The van der Waals surface area contributed by atoms with Gasteiger partial charge >= 0.3 is 5.76 Å². The molecule has 0 radical (unpaired) electrons. The Labute approximate surface area is 170 Å². The van der Waals surface area contributed by atoms with Crippen molar-refractivity contribution in [1.82, 2.24) is 13.2 Å². The summed E-state index contributed by atoms with van der Waals surface area (Å²) >= 11 is 1.45. The Morgan fingerprint density at radius 1 is 1.07 bits per heavy atom. The molecular formula is C19H18N4O4S2. The summed E-state index contributed by atoms with van der Waals surface area (Å²) in [6.45, 7) is 1.88. The molecule has 5 rings (SSSR count). The van der Waals surface area contributed by atoms with Crippen LogP contribution in [-0.4, -0.2) is 47.8 Å². The fourth-order valence-electron chi connectivity index (χ4n) is 3.66. The quantitative estimate of drug-likeness (QED) is 0.495. The second kappa shape index (κ2) is 6.68. The van der Waals surface area contributed by atoms with Crippen LogP contribution >= 0.6 is 11.5 Å². The van der Waals surface area contributed by atoms with Crippen LogP contribution in [0.3, 0.4) is 0 Å². The lowest BCUT2D eigenvalue weighted by Crippen LogP contribution is -2.48. The Hall–Kier alpha value is -2.69. The highest BCUT2D eigenvalue weighted by molar-refractivity contribution is 7.89. The highest BCUT2D eigenvalue weighted by atomic mass is 32.2. The molecule has 10 heteroatoms. The number of nitrogens with zero attached hydrogens (tertiary/aromatic N) is 4. The second-order valence-electron chi connectivity index (χ2n) is 6.95. The summed E-state index contributed by atoms with van der Waals surface area (Å²) in [6.07, 6.45) is 0. The van der Waals surface area contributed by atoms with Gasteiger partial charge in [-0.15, -0.1) is 0 Å². The van der Waals surface area contributed by atoms with Crippen LogP contribution < -0.4 is 10.7 Å². The van der Waals surface area contributed by atoms with Crippen molar-refractivity contribution in [3.05, 3.63) is 53.0 Å². The van der Waals surface area contributed by atoms with Crippen LogP contribution in [0.2, 0.25) is 0 Å². The lowest BCUT2D eigenvalue weighted by Gasteiger charge is -2.34. The smallest absolute Gasteiger partial charge is 0.408 e. The zero-order valence-electron chi connectivity index (χ0n) is 15.6. The first-order valence-corrected chi connectivity index (χ1v) is 11.4. The molecule has 29 heavy (non-hydrogen) atoms. The maximum absolute atomic E-state index is 13.1. The van der Waals surface area contributed by atoms with Gasteiger partial charge in [0, 0.05) is 38.6 Å². The molecule has 3 heterocycles. The van der Waals surface area contributed by atoms with E-state index in [4.69, 9.17) is 4.42 Å². The lowest BCUT2D eigenvalue weighted by atomic mass is 10.2. The van der Waals surface area contributed by atoms with Gasteiger partial charge in [0.15, 0.2) is 5.58 Å². The summed E-state index contributed by atoms with van der Waals surface area (Å²) in [5, 5.41) is 1.10. The first-order valence-electron chi connectivity index (χ1n) is 9.14. The first-order chi connectivity index (χ1) is 13.9. The molecule has 4 aromatic rings. The third kappa shape index (κ3) is 2.95. The van der Waals surface area contributed by atoms with Gasteiger partial charge in [-0.1, -0.05) is 12.1 Å². The van der Waals surface area contributed by atoms with Gasteiger partial charge in [0.05, 0.1) is 15.1 Å².